The molecular formula is C33H35ClN2O7. The van der Waals surface area contributed by atoms with Gasteiger partial charge >= 0.3 is 11.6 Å². The van der Waals surface area contributed by atoms with Crippen LogP contribution in [0.25, 0.3) is 21.9 Å². The Kier molecular flexibility index (Phi) is 9.20. The third kappa shape index (κ3) is 6.77. The van der Waals surface area contributed by atoms with Gasteiger partial charge in [0.05, 0.1) is 0 Å². The Balaban J connectivity index is 1.27. The number of carboxylic acid groups (broad SMARTS) is 1. The lowest BCUT2D eigenvalue weighted by Gasteiger charge is -2.21. The first-order valence-electron chi connectivity index (χ1n) is 14.7. The van der Waals surface area contributed by atoms with E-state index in [0.29, 0.717) is 40.2 Å². The lowest BCUT2D eigenvalue weighted by Crippen LogP contribution is -2.52. The molecule has 2 amide bonds. The number of halogens is 1. The summed E-state index contributed by atoms with van der Waals surface area (Å²) < 4.78 is 11.7. The lowest BCUT2D eigenvalue weighted by molar-refractivity contribution is -0.142. The van der Waals surface area contributed by atoms with Crippen LogP contribution >= 0.6 is 11.6 Å². The molecule has 4 aromatic rings. The number of nitrogens with one attached hydrogen (secondary N) is 2. The molecule has 0 unspecified atom stereocenters. The Morgan fingerprint density at radius 2 is 1.70 bits per heavy atom. The van der Waals surface area contributed by atoms with Crippen LogP contribution in [0.2, 0.25) is 5.02 Å². The molecule has 226 valence electrons. The van der Waals surface area contributed by atoms with E-state index in [1.807, 2.05) is 19.9 Å². The number of rotatable bonds is 11. The van der Waals surface area contributed by atoms with E-state index in [1.165, 1.54) is 5.56 Å². The molecule has 3 N–H and O–H groups in total. The van der Waals surface area contributed by atoms with Crippen molar-refractivity contribution in [1.82, 2.24) is 10.6 Å². The second kappa shape index (κ2) is 13.0. The number of furan rings is 1. The summed E-state index contributed by atoms with van der Waals surface area (Å²) >= 11 is 5.92. The Bertz CT molecular complexity index is 1740. The van der Waals surface area contributed by atoms with Crippen molar-refractivity contribution in [3.63, 3.8) is 0 Å². The molecule has 10 heteroatoms. The number of carbonyl (C=O) groups excluding carboxylic acids is 2. The first kappa shape index (κ1) is 30.4. The van der Waals surface area contributed by atoms with E-state index in [2.05, 4.69) is 10.6 Å². The number of amides is 2. The van der Waals surface area contributed by atoms with E-state index >= 15 is 0 Å². The molecule has 2 heterocycles. The molecule has 0 radical (unpaired) electrons. The van der Waals surface area contributed by atoms with Gasteiger partial charge < -0.3 is 24.6 Å². The van der Waals surface area contributed by atoms with E-state index in [-0.39, 0.29) is 19.3 Å². The maximum Gasteiger partial charge on any atom is 0.339 e. The van der Waals surface area contributed by atoms with Gasteiger partial charge in [0.15, 0.2) is 0 Å². The monoisotopic (exact) mass is 606 g/mol. The molecule has 0 saturated heterocycles. The number of carboxylic acids is 1. The molecule has 1 aliphatic rings. The van der Waals surface area contributed by atoms with Crippen LogP contribution in [-0.2, 0) is 40.1 Å². The summed E-state index contributed by atoms with van der Waals surface area (Å²) in [6, 6.07) is 8.41. The third-order valence-corrected chi connectivity index (χ3v) is 8.41. The number of benzene rings is 2. The number of aryl methyl sites for hydroxylation is 3. The van der Waals surface area contributed by atoms with E-state index in [0.717, 1.165) is 47.8 Å². The summed E-state index contributed by atoms with van der Waals surface area (Å²) in [6.45, 7) is 3.72. The average Bonchev–Trinajstić information content (AvgIpc) is 3.34. The predicted octanol–water partition coefficient (Wildman–Crippen LogP) is 5.41. The third-order valence-electron chi connectivity index (χ3n) is 8.16. The molecule has 0 fully saturated rings. The molecule has 5 rings (SSSR count). The molecule has 1 aliphatic carbocycles. The Morgan fingerprint density at radius 3 is 2.42 bits per heavy atom. The highest BCUT2D eigenvalue weighted by atomic mass is 35.5. The van der Waals surface area contributed by atoms with Gasteiger partial charge in [-0.2, -0.15) is 0 Å². The molecular weight excluding hydrogens is 572 g/mol. The largest absolute Gasteiger partial charge is 0.480 e. The van der Waals surface area contributed by atoms with Gasteiger partial charge in [-0.05, 0) is 68.4 Å². The zero-order valence-corrected chi connectivity index (χ0v) is 25.0. The summed E-state index contributed by atoms with van der Waals surface area (Å²) in [6.07, 6.45) is 5.14. The predicted molar refractivity (Wildman–Crippen MR) is 164 cm³/mol. The van der Waals surface area contributed by atoms with Gasteiger partial charge in [0, 0.05) is 52.3 Å². The molecule has 43 heavy (non-hydrogen) atoms. The van der Waals surface area contributed by atoms with Gasteiger partial charge in [0.2, 0.25) is 11.8 Å². The van der Waals surface area contributed by atoms with Gasteiger partial charge in [-0.1, -0.05) is 37.1 Å². The van der Waals surface area contributed by atoms with Crippen molar-refractivity contribution in [2.75, 3.05) is 0 Å². The summed E-state index contributed by atoms with van der Waals surface area (Å²) in [4.78, 5) is 50.8. The van der Waals surface area contributed by atoms with Gasteiger partial charge in [-0.3, -0.25) is 9.59 Å². The minimum absolute atomic E-state index is 0.0406. The van der Waals surface area contributed by atoms with Crippen molar-refractivity contribution in [2.24, 2.45) is 0 Å². The summed E-state index contributed by atoms with van der Waals surface area (Å²) in [5.41, 5.74) is 3.72. The SMILES string of the molecule is CCC[C@@H](NC(=O)CCc1c(C)c2cc3c4c(oc3cc2oc1=O)CCCC4)C(=O)N[C@H](Cc1ccc(Cl)cc1)C(=O)O. The van der Waals surface area contributed by atoms with Crippen molar-refractivity contribution in [2.45, 2.75) is 83.7 Å². The molecule has 0 bridgehead atoms. The van der Waals surface area contributed by atoms with Crippen LogP contribution in [0.4, 0.5) is 0 Å². The fourth-order valence-corrected chi connectivity index (χ4v) is 5.95. The molecule has 0 aliphatic heterocycles. The maximum absolute atomic E-state index is 13.1. The van der Waals surface area contributed by atoms with Gasteiger partial charge in [0.25, 0.3) is 0 Å². The molecule has 9 nitrogen and oxygen atoms in total. The molecule has 2 aromatic carbocycles. The molecule has 0 spiro atoms. The average molecular weight is 607 g/mol. The second-order valence-corrected chi connectivity index (χ2v) is 11.6. The van der Waals surface area contributed by atoms with Crippen LogP contribution in [0, 0.1) is 6.92 Å². The zero-order valence-electron chi connectivity index (χ0n) is 24.3. The quantitative estimate of drug-likeness (QED) is 0.194. The van der Waals surface area contributed by atoms with E-state index in [4.69, 9.17) is 20.4 Å². The van der Waals surface area contributed by atoms with Gasteiger partial charge in [0.1, 0.15) is 29.0 Å². The minimum Gasteiger partial charge on any atom is -0.480 e. The number of fused-ring (bicyclic) bond motifs is 4. The smallest absolute Gasteiger partial charge is 0.339 e. The summed E-state index contributed by atoms with van der Waals surface area (Å²) in [5.74, 6) is -1.18. The number of hydrogen-bond acceptors (Lipinski definition) is 6. The normalized spacial score (nSPS) is 14.3. The molecule has 2 atom stereocenters. The van der Waals surface area contributed by atoms with Crippen LogP contribution in [-0.4, -0.2) is 35.0 Å². The van der Waals surface area contributed by atoms with Crippen molar-refractivity contribution >= 4 is 51.3 Å². The standard InChI is InChI=1S/C33H35ClN2O7/c1-3-6-25(31(38)36-26(32(39)40)15-19-9-11-20(34)12-10-19)35-30(37)14-13-21-18(2)23-16-24-22-7-4-5-8-27(22)42-29(24)17-28(23)43-33(21)41/h9-12,16-17,25-26H,3-8,13-15H2,1-2H3,(H,35,37)(H,36,38)(H,39,40)/t25-,26-/m1/s1. The molecule has 2 aromatic heterocycles. The van der Waals surface area contributed by atoms with E-state index in [9.17, 15) is 24.3 Å². The van der Waals surface area contributed by atoms with Crippen LogP contribution in [0.3, 0.4) is 0 Å². The Labute approximate surface area is 253 Å². The highest BCUT2D eigenvalue weighted by Crippen LogP contribution is 2.35. The van der Waals surface area contributed by atoms with Crippen molar-refractivity contribution in [3.8, 4) is 0 Å². The van der Waals surface area contributed by atoms with Crippen molar-refractivity contribution in [1.29, 1.82) is 0 Å². The van der Waals surface area contributed by atoms with Gasteiger partial charge in [-0.25, -0.2) is 9.59 Å². The zero-order chi connectivity index (χ0) is 30.7. The number of carbonyl (C=O) groups is 3. The van der Waals surface area contributed by atoms with Crippen LogP contribution in [0.15, 0.2) is 50.0 Å². The van der Waals surface area contributed by atoms with Crippen LogP contribution in [0.5, 0.6) is 0 Å². The first-order chi connectivity index (χ1) is 20.6. The summed E-state index contributed by atoms with van der Waals surface area (Å²) in [7, 11) is 0. The fourth-order valence-electron chi connectivity index (χ4n) is 5.82. The van der Waals surface area contributed by atoms with Crippen molar-refractivity contribution in [3.05, 3.63) is 79.9 Å². The van der Waals surface area contributed by atoms with E-state index in [1.54, 1.807) is 30.3 Å². The lowest BCUT2D eigenvalue weighted by atomic mass is 9.94. The molecule has 0 saturated carbocycles. The number of hydrogen-bond donors (Lipinski definition) is 3. The van der Waals surface area contributed by atoms with Crippen molar-refractivity contribution < 1.29 is 28.3 Å². The Hall–Kier alpha value is -4.11. The summed E-state index contributed by atoms with van der Waals surface area (Å²) in [5, 5.41) is 17.4. The Morgan fingerprint density at radius 1 is 0.977 bits per heavy atom. The van der Waals surface area contributed by atoms with E-state index < -0.39 is 35.5 Å². The topological polar surface area (TPSA) is 139 Å². The highest BCUT2D eigenvalue weighted by Gasteiger charge is 2.27. The van der Waals surface area contributed by atoms with Gasteiger partial charge in [-0.15, -0.1) is 0 Å². The highest BCUT2D eigenvalue weighted by molar-refractivity contribution is 6.30. The first-order valence-corrected chi connectivity index (χ1v) is 15.1. The van der Waals surface area contributed by atoms with Crippen LogP contribution < -0.4 is 16.3 Å². The maximum atomic E-state index is 13.1. The number of aliphatic carboxylic acids is 1. The minimum atomic E-state index is -1.18. The second-order valence-electron chi connectivity index (χ2n) is 11.2. The van der Waals surface area contributed by atoms with Crippen LogP contribution in [0.1, 0.15) is 67.0 Å². The fraction of sp³-hybridized carbons (Fsp3) is 0.394.